The average Bonchev–Trinajstić information content (AvgIpc) is 3.10. The number of hydrogen-bond donors (Lipinski definition) is 2. The number of benzene rings is 1. The monoisotopic (exact) mass is 478 g/mol. The fourth-order valence-corrected chi connectivity index (χ4v) is 6.73. The summed E-state index contributed by atoms with van der Waals surface area (Å²) in [6.07, 6.45) is 10.7. The molecule has 2 N–H and O–H groups in total. The molecule has 3 fully saturated rings. The Kier molecular flexibility index (Phi) is 6.45. The van der Waals surface area contributed by atoms with Gasteiger partial charge in [-0.2, -0.15) is 0 Å². The highest BCUT2D eigenvalue weighted by molar-refractivity contribution is 5.85. The molecular formula is C28H31FN2O4. The van der Waals surface area contributed by atoms with Gasteiger partial charge >= 0.3 is 11.9 Å². The van der Waals surface area contributed by atoms with Gasteiger partial charge in [0.15, 0.2) is 0 Å². The van der Waals surface area contributed by atoms with Crippen LogP contribution in [0.5, 0.6) is 0 Å². The van der Waals surface area contributed by atoms with E-state index < -0.39 is 11.5 Å². The predicted molar refractivity (Wildman–Crippen MR) is 130 cm³/mol. The Morgan fingerprint density at radius 3 is 2.83 bits per heavy atom. The molecular weight excluding hydrogens is 447 g/mol. The van der Waals surface area contributed by atoms with Crippen molar-refractivity contribution in [3.05, 3.63) is 60.2 Å². The van der Waals surface area contributed by atoms with Crippen molar-refractivity contribution in [1.82, 2.24) is 10.3 Å². The van der Waals surface area contributed by atoms with E-state index in [0.29, 0.717) is 18.3 Å². The zero-order chi connectivity index (χ0) is 24.6. The van der Waals surface area contributed by atoms with E-state index in [-0.39, 0.29) is 36.3 Å². The molecule has 2 aromatic rings. The van der Waals surface area contributed by atoms with Crippen molar-refractivity contribution in [1.29, 1.82) is 0 Å². The van der Waals surface area contributed by atoms with Gasteiger partial charge in [0.2, 0.25) is 0 Å². The SMILES string of the molecule is C[C@H]1OC(=O)[C@]2(NCC(=O)O)C[C@@H]3CCCC[C@H]3[C@H](/C=C/c3ccc(-c4cccc(F)c4)cn3)[C@H]12. The number of aromatic nitrogens is 1. The largest absolute Gasteiger partial charge is 0.480 e. The number of nitrogens with zero attached hydrogens (tertiary/aromatic N) is 1. The van der Waals surface area contributed by atoms with E-state index in [9.17, 15) is 19.1 Å². The second kappa shape index (κ2) is 9.53. The minimum Gasteiger partial charge on any atom is -0.480 e. The molecule has 1 saturated heterocycles. The molecule has 0 spiro atoms. The van der Waals surface area contributed by atoms with E-state index in [1.165, 1.54) is 12.1 Å². The van der Waals surface area contributed by atoms with Crippen LogP contribution in [-0.4, -0.2) is 40.2 Å². The van der Waals surface area contributed by atoms with Gasteiger partial charge in [0, 0.05) is 17.7 Å². The molecule has 5 rings (SSSR count). The number of carbonyl (C=O) groups excluding carboxylic acids is 1. The Bertz CT molecular complexity index is 1130. The molecule has 0 radical (unpaired) electrons. The summed E-state index contributed by atoms with van der Waals surface area (Å²) < 4.78 is 19.3. The van der Waals surface area contributed by atoms with Crippen molar-refractivity contribution >= 4 is 18.0 Å². The Morgan fingerprint density at radius 2 is 2.09 bits per heavy atom. The normalized spacial score (nSPS) is 32.2. The summed E-state index contributed by atoms with van der Waals surface area (Å²) in [5.41, 5.74) is 1.42. The van der Waals surface area contributed by atoms with Gasteiger partial charge in [-0.15, -0.1) is 0 Å². The minimum atomic E-state index is -0.981. The molecule has 1 aliphatic heterocycles. The zero-order valence-electron chi connectivity index (χ0n) is 19.8. The molecule has 35 heavy (non-hydrogen) atoms. The number of fused-ring (bicyclic) bond motifs is 2. The van der Waals surface area contributed by atoms with Crippen LogP contribution >= 0.6 is 0 Å². The number of halogens is 1. The molecule has 1 aromatic heterocycles. The first kappa shape index (κ1) is 23.7. The number of hydrogen-bond acceptors (Lipinski definition) is 5. The first-order valence-electron chi connectivity index (χ1n) is 12.5. The van der Waals surface area contributed by atoms with Gasteiger partial charge in [0.05, 0.1) is 12.2 Å². The molecule has 2 heterocycles. The number of cyclic esters (lactones) is 1. The highest BCUT2D eigenvalue weighted by Gasteiger charge is 2.63. The van der Waals surface area contributed by atoms with Crippen LogP contribution in [-0.2, 0) is 14.3 Å². The minimum absolute atomic E-state index is 0.0708. The summed E-state index contributed by atoms with van der Waals surface area (Å²) >= 11 is 0. The van der Waals surface area contributed by atoms with Gasteiger partial charge in [0.1, 0.15) is 17.5 Å². The first-order valence-corrected chi connectivity index (χ1v) is 12.5. The summed E-state index contributed by atoms with van der Waals surface area (Å²) in [7, 11) is 0. The maximum Gasteiger partial charge on any atom is 0.327 e. The van der Waals surface area contributed by atoms with Crippen molar-refractivity contribution in [3.8, 4) is 11.1 Å². The Balaban J connectivity index is 1.44. The molecule has 1 aromatic carbocycles. The number of carboxylic acid groups (broad SMARTS) is 1. The first-order chi connectivity index (χ1) is 16.9. The third-order valence-corrected chi connectivity index (χ3v) is 8.18. The third-order valence-electron chi connectivity index (χ3n) is 8.18. The van der Waals surface area contributed by atoms with Gasteiger partial charge in [-0.25, -0.2) is 4.39 Å². The highest BCUT2D eigenvalue weighted by atomic mass is 19.1. The molecule has 6 nitrogen and oxygen atoms in total. The Labute approximate surface area is 204 Å². The van der Waals surface area contributed by atoms with Gasteiger partial charge < -0.3 is 9.84 Å². The molecule has 7 heteroatoms. The van der Waals surface area contributed by atoms with E-state index in [4.69, 9.17) is 4.74 Å². The maximum absolute atomic E-state index is 13.6. The van der Waals surface area contributed by atoms with E-state index >= 15 is 0 Å². The number of carbonyl (C=O) groups is 2. The van der Waals surface area contributed by atoms with Gasteiger partial charge in [-0.1, -0.05) is 43.5 Å². The van der Waals surface area contributed by atoms with E-state index in [2.05, 4.69) is 16.4 Å². The predicted octanol–water partition coefficient (Wildman–Crippen LogP) is 4.70. The molecule has 0 unspecified atom stereocenters. The number of rotatable bonds is 6. The Morgan fingerprint density at radius 1 is 1.26 bits per heavy atom. The van der Waals surface area contributed by atoms with E-state index in [1.807, 2.05) is 31.2 Å². The van der Waals surface area contributed by atoms with Crippen LogP contribution in [0.25, 0.3) is 17.2 Å². The van der Waals surface area contributed by atoms with Crippen LogP contribution < -0.4 is 5.32 Å². The fourth-order valence-electron chi connectivity index (χ4n) is 6.73. The van der Waals surface area contributed by atoms with E-state index in [0.717, 1.165) is 42.5 Å². The fraction of sp³-hybridized carbons (Fsp3) is 0.464. The number of nitrogens with one attached hydrogen (secondary N) is 1. The molecule has 0 bridgehead atoms. The van der Waals surface area contributed by atoms with Crippen LogP contribution in [0.4, 0.5) is 4.39 Å². The van der Waals surface area contributed by atoms with Crippen LogP contribution in [0.1, 0.15) is 44.7 Å². The molecule has 0 amide bonds. The lowest BCUT2D eigenvalue weighted by atomic mass is 9.54. The Hall–Kier alpha value is -3.06. The van der Waals surface area contributed by atoms with Crippen molar-refractivity contribution in [2.24, 2.45) is 23.7 Å². The number of ether oxygens (including phenoxy) is 1. The average molecular weight is 479 g/mol. The van der Waals surface area contributed by atoms with Gasteiger partial charge in [0.25, 0.3) is 0 Å². The number of allylic oxidation sites excluding steroid dienone is 1. The highest BCUT2D eigenvalue weighted by Crippen LogP contribution is 2.55. The summed E-state index contributed by atoms with van der Waals surface area (Å²) in [5, 5.41) is 12.4. The standard InChI is InChI=1S/C28H31FN2O4/c1-17-26-24(12-11-22-10-9-20(15-30-22)18-6-4-7-21(29)13-18)23-8-3-2-5-19(23)14-28(26,27(34)35-17)31-16-25(32)33/h4,6-7,9-13,15,17,19,23-24,26,31H,2-3,5,8,14,16H2,1H3,(H,32,33)/b12-11+/t17-,19+,23-,24+,26+,28+/m1/s1. The van der Waals surface area contributed by atoms with Crippen LogP contribution in [0, 0.1) is 29.5 Å². The smallest absolute Gasteiger partial charge is 0.327 e. The van der Waals surface area contributed by atoms with E-state index in [1.54, 1.807) is 12.3 Å². The van der Waals surface area contributed by atoms with Crippen LogP contribution in [0.3, 0.4) is 0 Å². The van der Waals surface area contributed by atoms with Crippen molar-refractivity contribution in [3.63, 3.8) is 0 Å². The van der Waals surface area contributed by atoms with Gasteiger partial charge in [-0.05, 0) is 67.4 Å². The molecule has 2 aliphatic carbocycles. The molecule has 2 saturated carbocycles. The second-order valence-corrected chi connectivity index (χ2v) is 10.2. The quantitative estimate of drug-likeness (QED) is 0.585. The number of esters is 1. The zero-order valence-corrected chi connectivity index (χ0v) is 19.8. The summed E-state index contributed by atoms with van der Waals surface area (Å²) in [4.78, 5) is 29.1. The summed E-state index contributed by atoms with van der Waals surface area (Å²) in [6, 6.07) is 10.3. The molecule has 3 aliphatic rings. The van der Waals surface area contributed by atoms with Crippen LogP contribution in [0.15, 0.2) is 48.7 Å². The molecule has 6 atom stereocenters. The number of pyridine rings is 1. The topological polar surface area (TPSA) is 88.5 Å². The van der Waals surface area contributed by atoms with Crippen LogP contribution in [0.2, 0.25) is 0 Å². The lowest BCUT2D eigenvalue weighted by Gasteiger charge is -2.51. The van der Waals surface area contributed by atoms with Crippen molar-refractivity contribution < 1.29 is 23.8 Å². The number of carboxylic acids is 1. The summed E-state index contributed by atoms with van der Waals surface area (Å²) in [6.45, 7) is 1.65. The summed E-state index contributed by atoms with van der Waals surface area (Å²) in [5.74, 6) is -0.890. The maximum atomic E-state index is 13.6. The van der Waals surface area contributed by atoms with Gasteiger partial charge in [-0.3, -0.25) is 19.9 Å². The van der Waals surface area contributed by atoms with Crippen molar-refractivity contribution in [2.75, 3.05) is 6.54 Å². The number of aliphatic carboxylic acids is 1. The lowest BCUT2D eigenvalue weighted by Crippen LogP contribution is -2.63. The molecule has 184 valence electrons. The lowest BCUT2D eigenvalue weighted by molar-refractivity contribution is -0.147. The second-order valence-electron chi connectivity index (χ2n) is 10.2. The van der Waals surface area contributed by atoms with Crippen molar-refractivity contribution in [2.45, 2.75) is 50.7 Å². The third kappa shape index (κ3) is 4.49.